The molecule has 1 aliphatic heterocycles. The van der Waals surface area contributed by atoms with Gasteiger partial charge in [0.1, 0.15) is 0 Å². The number of amides is 2. The van der Waals surface area contributed by atoms with Gasteiger partial charge in [-0.1, -0.05) is 0 Å². The number of ether oxygens (including phenoxy) is 1. The summed E-state index contributed by atoms with van der Waals surface area (Å²) in [5.74, 6) is 0.520. The summed E-state index contributed by atoms with van der Waals surface area (Å²) in [7, 11) is 1.74. The molecule has 2 heterocycles. The number of benzene rings is 1. The SMILES string of the molecule is COCCCN1CC[C@@H](CNC(=O)Nc2ccc(-n3ccnc3)cc2)C1. The molecule has 0 saturated carbocycles. The maximum atomic E-state index is 12.1. The highest BCUT2D eigenvalue weighted by atomic mass is 16.5. The van der Waals surface area contributed by atoms with Crippen LogP contribution in [0.1, 0.15) is 12.8 Å². The third-order valence-electron chi connectivity index (χ3n) is 4.67. The van der Waals surface area contributed by atoms with Crippen molar-refractivity contribution >= 4 is 11.7 Å². The number of hydrogen-bond acceptors (Lipinski definition) is 4. The van der Waals surface area contributed by atoms with Crippen LogP contribution in [-0.4, -0.2) is 60.4 Å². The number of hydrogen-bond donors (Lipinski definition) is 2. The summed E-state index contributed by atoms with van der Waals surface area (Å²) in [5, 5.41) is 5.87. The Morgan fingerprint density at radius 3 is 2.92 bits per heavy atom. The van der Waals surface area contributed by atoms with Crippen LogP contribution in [0.15, 0.2) is 43.0 Å². The summed E-state index contributed by atoms with van der Waals surface area (Å²) in [5.41, 5.74) is 1.78. The Labute approximate surface area is 154 Å². The van der Waals surface area contributed by atoms with Gasteiger partial charge in [-0.15, -0.1) is 0 Å². The number of carbonyl (C=O) groups is 1. The fraction of sp³-hybridized carbons (Fsp3) is 0.474. The predicted molar refractivity (Wildman–Crippen MR) is 102 cm³/mol. The summed E-state index contributed by atoms with van der Waals surface area (Å²) in [6, 6.07) is 7.53. The Hall–Kier alpha value is -2.38. The third kappa shape index (κ3) is 5.31. The van der Waals surface area contributed by atoms with Crippen molar-refractivity contribution in [3.8, 4) is 5.69 Å². The van der Waals surface area contributed by atoms with E-state index in [1.165, 1.54) is 0 Å². The molecule has 2 amide bonds. The Bertz CT molecular complexity index is 672. The monoisotopic (exact) mass is 357 g/mol. The molecule has 1 aromatic heterocycles. The molecule has 1 fully saturated rings. The second kappa shape index (κ2) is 9.35. The van der Waals surface area contributed by atoms with E-state index in [2.05, 4.69) is 20.5 Å². The van der Waals surface area contributed by atoms with E-state index >= 15 is 0 Å². The number of likely N-dealkylation sites (tertiary alicyclic amines) is 1. The number of rotatable bonds is 8. The fourth-order valence-corrected chi connectivity index (χ4v) is 3.26. The molecule has 3 rings (SSSR count). The van der Waals surface area contributed by atoms with Gasteiger partial charge < -0.3 is 24.8 Å². The molecule has 7 heteroatoms. The van der Waals surface area contributed by atoms with Gasteiger partial charge in [0.25, 0.3) is 0 Å². The lowest BCUT2D eigenvalue weighted by Gasteiger charge is -2.16. The van der Waals surface area contributed by atoms with Crippen molar-refractivity contribution in [3.63, 3.8) is 0 Å². The Morgan fingerprint density at radius 1 is 1.35 bits per heavy atom. The summed E-state index contributed by atoms with van der Waals surface area (Å²) in [6.45, 7) is 4.73. The number of anilines is 1. The zero-order valence-corrected chi connectivity index (χ0v) is 15.2. The molecule has 0 unspecified atom stereocenters. The lowest BCUT2D eigenvalue weighted by molar-refractivity contribution is 0.178. The summed E-state index contributed by atoms with van der Waals surface area (Å²) in [6.07, 6.45) is 7.56. The van der Waals surface area contributed by atoms with Crippen molar-refractivity contribution in [2.45, 2.75) is 12.8 Å². The van der Waals surface area contributed by atoms with E-state index in [-0.39, 0.29) is 6.03 Å². The summed E-state index contributed by atoms with van der Waals surface area (Å²) in [4.78, 5) is 18.6. The van der Waals surface area contributed by atoms with Gasteiger partial charge >= 0.3 is 6.03 Å². The molecule has 2 N–H and O–H groups in total. The Balaban J connectivity index is 1.38. The van der Waals surface area contributed by atoms with Gasteiger partial charge in [-0.3, -0.25) is 0 Å². The van der Waals surface area contributed by atoms with Crippen LogP contribution in [0.5, 0.6) is 0 Å². The average Bonchev–Trinajstić information content (AvgIpc) is 3.33. The van der Waals surface area contributed by atoms with Gasteiger partial charge in [0.15, 0.2) is 0 Å². The van der Waals surface area contributed by atoms with E-state index in [9.17, 15) is 4.79 Å². The number of nitrogens with one attached hydrogen (secondary N) is 2. The zero-order valence-electron chi connectivity index (χ0n) is 15.2. The molecule has 1 atom stereocenters. The first kappa shape index (κ1) is 18.4. The number of nitrogens with zero attached hydrogens (tertiary/aromatic N) is 3. The van der Waals surface area contributed by atoms with Gasteiger partial charge in [0.2, 0.25) is 0 Å². The maximum Gasteiger partial charge on any atom is 0.319 e. The molecule has 1 aromatic carbocycles. The van der Waals surface area contributed by atoms with Crippen molar-refractivity contribution in [2.75, 3.05) is 45.2 Å². The zero-order chi connectivity index (χ0) is 18.2. The highest BCUT2D eigenvalue weighted by molar-refractivity contribution is 5.89. The van der Waals surface area contributed by atoms with Crippen molar-refractivity contribution < 1.29 is 9.53 Å². The first-order valence-electron chi connectivity index (χ1n) is 9.09. The normalized spacial score (nSPS) is 17.3. The third-order valence-corrected chi connectivity index (χ3v) is 4.67. The minimum absolute atomic E-state index is 0.154. The van der Waals surface area contributed by atoms with Gasteiger partial charge in [0.05, 0.1) is 6.33 Å². The quantitative estimate of drug-likeness (QED) is 0.712. The van der Waals surface area contributed by atoms with Crippen LogP contribution in [0.3, 0.4) is 0 Å². The molecule has 140 valence electrons. The van der Waals surface area contributed by atoms with Crippen molar-refractivity contribution in [3.05, 3.63) is 43.0 Å². The fourth-order valence-electron chi connectivity index (χ4n) is 3.26. The predicted octanol–water partition coefficient (Wildman–Crippen LogP) is 2.35. The Kier molecular flexibility index (Phi) is 6.62. The van der Waals surface area contributed by atoms with Gasteiger partial charge in [-0.25, -0.2) is 9.78 Å². The number of aromatic nitrogens is 2. The highest BCUT2D eigenvalue weighted by Crippen LogP contribution is 2.16. The highest BCUT2D eigenvalue weighted by Gasteiger charge is 2.22. The molecular weight excluding hydrogens is 330 g/mol. The average molecular weight is 357 g/mol. The first-order valence-corrected chi connectivity index (χ1v) is 9.09. The van der Waals surface area contributed by atoms with E-state index in [0.29, 0.717) is 12.5 Å². The van der Waals surface area contributed by atoms with E-state index in [1.807, 2.05) is 35.0 Å². The van der Waals surface area contributed by atoms with E-state index < -0.39 is 0 Å². The molecule has 0 spiro atoms. The molecule has 26 heavy (non-hydrogen) atoms. The lowest BCUT2D eigenvalue weighted by Crippen LogP contribution is -2.34. The van der Waals surface area contributed by atoms with Crippen molar-refractivity contribution in [1.29, 1.82) is 0 Å². The second-order valence-corrected chi connectivity index (χ2v) is 6.65. The molecule has 0 radical (unpaired) electrons. The largest absolute Gasteiger partial charge is 0.385 e. The lowest BCUT2D eigenvalue weighted by atomic mass is 10.1. The minimum atomic E-state index is -0.154. The number of urea groups is 1. The molecule has 1 saturated heterocycles. The van der Waals surface area contributed by atoms with Crippen molar-refractivity contribution in [2.24, 2.45) is 5.92 Å². The van der Waals surface area contributed by atoms with E-state index in [1.54, 1.807) is 19.6 Å². The molecule has 0 bridgehead atoms. The summed E-state index contributed by atoms with van der Waals surface area (Å²) >= 11 is 0. The Morgan fingerprint density at radius 2 is 2.19 bits per heavy atom. The smallest absolute Gasteiger partial charge is 0.319 e. The molecule has 2 aromatic rings. The molecule has 1 aliphatic rings. The second-order valence-electron chi connectivity index (χ2n) is 6.65. The first-order chi connectivity index (χ1) is 12.7. The van der Waals surface area contributed by atoms with Crippen LogP contribution in [0.4, 0.5) is 10.5 Å². The molecule has 7 nitrogen and oxygen atoms in total. The van der Waals surface area contributed by atoms with E-state index in [4.69, 9.17) is 4.74 Å². The number of imidazole rings is 1. The van der Waals surface area contributed by atoms with Gasteiger partial charge in [-0.2, -0.15) is 0 Å². The van der Waals surface area contributed by atoms with Gasteiger partial charge in [-0.05, 0) is 49.6 Å². The van der Waals surface area contributed by atoms with E-state index in [0.717, 1.165) is 50.5 Å². The molecule has 0 aliphatic carbocycles. The number of methoxy groups -OCH3 is 1. The van der Waals surface area contributed by atoms with Gasteiger partial charge in [0, 0.05) is 57.1 Å². The number of carbonyl (C=O) groups excluding carboxylic acids is 1. The van der Waals surface area contributed by atoms with Crippen LogP contribution in [0, 0.1) is 5.92 Å². The maximum absolute atomic E-state index is 12.1. The van der Waals surface area contributed by atoms with Crippen LogP contribution < -0.4 is 10.6 Å². The molecular formula is C19H27N5O2. The van der Waals surface area contributed by atoms with Crippen molar-refractivity contribution in [1.82, 2.24) is 19.8 Å². The van der Waals surface area contributed by atoms with Crippen LogP contribution in [0.2, 0.25) is 0 Å². The van der Waals surface area contributed by atoms with Crippen LogP contribution in [0.25, 0.3) is 5.69 Å². The standard InChI is InChI=1S/C19H27N5O2/c1-26-12-2-9-23-10-7-16(14-23)13-21-19(25)22-17-3-5-18(6-4-17)24-11-8-20-15-24/h3-6,8,11,15-16H,2,7,9-10,12-14H2,1H3,(H2,21,22,25)/t16-/m0/s1. The minimum Gasteiger partial charge on any atom is -0.385 e. The van der Waals surface area contributed by atoms with Crippen LogP contribution in [-0.2, 0) is 4.74 Å². The summed E-state index contributed by atoms with van der Waals surface area (Å²) < 4.78 is 7.01. The topological polar surface area (TPSA) is 71.4 Å². The van der Waals surface area contributed by atoms with Crippen LogP contribution >= 0.6 is 0 Å².